The fraction of sp³-hybridized carbons (Fsp3) is 0.696. The molecule has 0 bridgehead atoms. The number of ether oxygens (including phenoxy) is 3. The highest BCUT2D eigenvalue weighted by Gasteiger charge is 2.19. The van der Waals surface area contributed by atoms with Crippen LogP contribution in [-0.4, -0.2) is 37.2 Å². The van der Waals surface area contributed by atoms with Crippen LogP contribution in [0.15, 0.2) is 85.1 Å². The number of hydrogen-bond acceptors (Lipinski definition) is 6. The summed E-state index contributed by atoms with van der Waals surface area (Å²) in [4.78, 5) is 37.9. The minimum Gasteiger partial charge on any atom is -0.462 e. The monoisotopic (exact) mass is 863 g/mol. The number of esters is 3. The molecule has 6 nitrogen and oxygen atoms in total. The van der Waals surface area contributed by atoms with E-state index in [9.17, 15) is 14.4 Å². The molecule has 0 fully saturated rings. The zero-order valence-electron chi connectivity index (χ0n) is 40.4. The molecule has 0 aliphatic rings. The average molecular weight is 863 g/mol. The van der Waals surface area contributed by atoms with Gasteiger partial charge in [-0.25, -0.2) is 0 Å². The van der Waals surface area contributed by atoms with Crippen LogP contribution in [0.2, 0.25) is 0 Å². The molecule has 0 aromatic rings. The molecule has 1 atom stereocenters. The molecule has 0 saturated carbocycles. The molecule has 0 rings (SSSR count). The topological polar surface area (TPSA) is 78.9 Å². The lowest BCUT2D eigenvalue weighted by Crippen LogP contribution is -2.30. The van der Waals surface area contributed by atoms with Gasteiger partial charge in [-0.2, -0.15) is 0 Å². The van der Waals surface area contributed by atoms with Gasteiger partial charge in [0.15, 0.2) is 6.10 Å². The van der Waals surface area contributed by atoms with E-state index >= 15 is 0 Å². The maximum absolute atomic E-state index is 12.8. The van der Waals surface area contributed by atoms with E-state index in [1.54, 1.807) is 0 Å². The predicted molar refractivity (Wildman–Crippen MR) is 265 cm³/mol. The van der Waals surface area contributed by atoms with Crippen molar-refractivity contribution in [2.75, 3.05) is 13.2 Å². The van der Waals surface area contributed by atoms with Crippen molar-refractivity contribution in [3.05, 3.63) is 85.1 Å². The van der Waals surface area contributed by atoms with Crippen LogP contribution in [0.5, 0.6) is 0 Å². The Morgan fingerprint density at radius 1 is 0.355 bits per heavy atom. The van der Waals surface area contributed by atoms with Gasteiger partial charge in [-0.05, 0) is 103 Å². The maximum atomic E-state index is 12.8. The van der Waals surface area contributed by atoms with Gasteiger partial charge >= 0.3 is 17.9 Å². The molecule has 62 heavy (non-hydrogen) atoms. The molecule has 1 unspecified atom stereocenters. The summed E-state index contributed by atoms with van der Waals surface area (Å²) in [6.07, 6.45) is 64.2. The summed E-state index contributed by atoms with van der Waals surface area (Å²) in [6, 6.07) is 0. The minimum absolute atomic E-state index is 0.0993. The lowest BCUT2D eigenvalue weighted by molar-refractivity contribution is -0.167. The van der Waals surface area contributed by atoms with Crippen LogP contribution in [0.1, 0.15) is 233 Å². The van der Waals surface area contributed by atoms with E-state index < -0.39 is 6.10 Å². The van der Waals surface area contributed by atoms with Crippen LogP contribution in [0, 0.1) is 0 Å². The molecule has 0 spiro atoms. The molecule has 0 aromatic carbocycles. The smallest absolute Gasteiger partial charge is 0.306 e. The fourth-order valence-electron chi connectivity index (χ4n) is 6.76. The van der Waals surface area contributed by atoms with Gasteiger partial charge in [-0.1, -0.05) is 196 Å². The van der Waals surface area contributed by atoms with E-state index in [0.29, 0.717) is 19.3 Å². The Morgan fingerprint density at radius 3 is 1.16 bits per heavy atom. The molecule has 0 radical (unpaired) electrons. The normalized spacial score (nSPS) is 12.8. The highest BCUT2D eigenvalue weighted by Crippen LogP contribution is 2.13. The average Bonchev–Trinajstić information content (AvgIpc) is 3.27. The first-order valence-corrected chi connectivity index (χ1v) is 25.6. The van der Waals surface area contributed by atoms with Crippen molar-refractivity contribution in [3.63, 3.8) is 0 Å². The highest BCUT2D eigenvalue weighted by molar-refractivity contribution is 5.71. The van der Waals surface area contributed by atoms with E-state index in [4.69, 9.17) is 14.2 Å². The van der Waals surface area contributed by atoms with E-state index in [0.717, 1.165) is 122 Å². The van der Waals surface area contributed by atoms with Gasteiger partial charge in [-0.15, -0.1) is 0 Å². The Labute approximate surface area is 382 Å². The molecule has 0 aliphatic heterocycles. The van der Waals surface area contributed by atoms with Crippen LogP contribution in [-0.2, 0) is 28.6 Å². The standard InChI is InChI=1S/C56H94O6/c1-4-7-10-13-16-19-22-24-26-27-28-29-30-32-34-37-40-43-46-49-55(58)61-52-53(51-60-54(57)48-45-42-39-36-33-21-18-15-12-9-6-3)62-56(59)50-47-44-41-38-35-31-25-23-20-17-14-11-8-5-2/h7,10,15-16,18-19,21,24,26,28-29,31,33,35,53H,4-6,8-9,11-14,17,20,22-23,25,27,30,32,34,36-52H2,1-3H3/b10-7-,18-15-,19-16-,26-24-,29-28-,33-21-,35-31-. The molecule has 0 aliphatic carbocycles. The van der Waals surface area contributed by atoms with E-state index in [1.807, 2.05) is 0 Å². The number of carbonyl (C=O) groups is 3. The summed E-state index contributed by atoms with van der Waals surface area (Å²) in [7, 11) is 0. The first kappa shape index (κ1) is 58.6. The van der Waals surface area contributed by atoms with Crippen molar-refractivity contribution in [1.82, 2.24) is 0 Å². The van der Waals surface area contributed by atoms with Crippen molar-refractivity contribution in [2.24, 2.45) is 0 Å². The molecular weight excluding hydrogens is 769 g/mol. The lowest BCUT2D eigenvalue weighted by atomic mass is 10.1. The number of rotatable bonds is 45. The van der Waals surface area contributed by atoms with Crippen LogP contribution in [0.4, 0.5) is 0 Å². The largest absolute Gasteiger partial charge is 0.462 e. The second kappa shape index (κ2) is 50.2. The molecule has 0 N–H and O–H groups in total. The van der Waals surface area contributed by atoms with Gasteiger partial charge in [0, 0.05) is 19.3 Å². The van der Waals surface area contributed by atoms with Crippen LogP contribution in [0.3, 0.4) is 0 Å². The predicted octanol–water partition coefficient (Wildman–Crippen LogP) is 16.8. The third-order valence-electron chi connectivity index (χ3n) is 10.6. The van der Waals surface area contributed by atoms with Crippen molar-refractivity contribution >= 4 is 17.9 Å². The lowest BCUT2D eigenvalue weighted by Gasteiger charge is -2.18. The van der Waals surface area contributed by atoms with Gasteiger partial charge in [0.25, 0.3) is 0 Å². The second-order valence-corrected chi connectivity index (χ2v) is 16.7. The quantitative estimate of drug-likeness (QED) is 0.0199. The molecular formula is C56H94O6. The Balaban J connectivity index is 4.43. The zero-order valence-corrected chi connectivity index (χ0v) is 40.4. The summed E-state index contributed by atoms with van der Waals surface area (Å²) < 4.78 is 16.7. The van der Waals surface area contributed by atoms with Crippen molar-refractivity contribution in [3.8, 4) is 0 Å². The van der Waals surface area contributed by atoms with Crippen molar-refractivity contribution in [1.29, 1.82) is 0 Å². The Morgan fingerprint density at radius 2 is 0.694 bits per heavy atom. The van der Waals surface area contributed by atoms with Gasteiger partial charge < -0.3 is 14.2 Å². The molecule has 0 heterocycles. The maximum Gasteiger partial charge on any atom is 0.306 e. The van der Waals surface area contributed by atoms with Gasteiger partial charge in [0.2, 0.25) is 0 Å². The van der Waals surface area contributed by atoms with Gasteiger partial charge in [-0.3, -0.25) is 14.4 Å². The zero-order chi connectivity index (χ0) is 45.1. The van der Waals surface area contributed by atoms with Crippen LogP contribution < -0.4 is 0 Å². The minimum atomic E-state index is -0.800. The molecule has 6 heteroatoms. The van der Waals surface area contributed by atoms with E-state index in [1.165, 1.54) is 70.6 Å². The summed E-state index contributed by atoms with van der Waals surface area (Å²) in [6.45, 7) is 6.41. The third kappa shape index (κ3) is 47.6. The number of hydrogen-bond donors (Lipinski definition) is 0. The molecule has 0 saturated heterocycles. The van der Waals surface area contributed by atoms with Crippen molar-refractivity contribution in [2.45, 2.75) is 239 Å². The molecule has 354 valence electrons. The number of carbonyl (C=O) groups excluding carboxylic acids is 3. The second-order valence-electron chi connectivity index (χ2n) is 16.7. The SMILES string of the molecule is CC/C=C\C/C=C\C/C=C\C/C=C\CCCCCCCCC(=O)OCC(COC(=O)CCCCC/C=C\C=C/CCCC)OC(=O)CCCCC/C=C\CCCCCCCCC. The Kier molecular flexibility index (Phi) is 47.5. The first-order chi connectivity index (χ1) is 30.5. The summed E-state index contributed by atoms with van der Waals surface area (Å²) in [5.41, 5.74) is 0. The summed E-state index contributed by atoms with van der Waals surface area (Å²) >= 11 is 0. The Hall–Kier alpha value is -3.41. The summed E-state index contributed by atoms with van der Waals surface area (Å²) in [5.74, 6) is -0.959. The summed E-state index contributed by atoms with van der Waals surface area (Å²) in [5, 5.41) is 0. The third-order valence-corrected chi connectivity index (χ3v) is 10.6. The van der Waals surface area contributed by atoms with Gasteiger partial charge in [0.05, 0.1) is 0 Å². The van der Waals surface area contributed by atoms with Gasteiger partial charge in [0.1, 0.15) is 13.2 Å². The first-order valence-electron chi connectivity index (χ1n) is 25.6. The molecule has 0 amide bonds. The van der Waals surface area contributed by atoms with E-state index in [-0.39, 0.29) is 31.1 Å². The molecule has 0 aromatic heterocycles. The van der Waals surface area contributed by atoms with Crippen molar-refractivity contribution < 1.29 is 28.6 Å². The van der Waals surface area contributed by atoms with E-state index in [2.05, 4.69) is 106 Å². The number of unbranched alkanes of at least 4 members (excludes halogenated alkanes) is 21. The van der Waals surface area contributed by atoms with Crippen LogP contribution >= 0.6 is 0 Å². The Bertz CT molecular complexity index is 1220. The van der Waals surface area contributed by atoms with Crippen LogP contribution in [0.25, 0.3) is 0 Å². The highest BCUT2D eigenvalue weighted by atomic mass is 16.6. The number of allylic oxidation sites excluding steroid dienone is 14. The fourth-order valence-corrected chi connectivity index (χ4v) is 6.76.